The molecule has 1 amide bonds. The highest BCUT2D eigenvalue weighted by molar-refractivity contribution is 9.10. The van der Waals surface area contributed by atoms with Crippen LogP contribution in [0.2, 0.25) is 0 Å². The van der Waals surface area contributed by atoms with E-state index in [4.69, 9.17) is 17.3 Å². The summed E-state index contributed by atoms with van der Waals surface area (Å²) in [5.41, 5.74) is 5.21. The minimum Gasteiger partial charge on any atom is -0.368 e. The lowest BCUT2D eigenvalue weighted by Gasteiger charge is -2.26. The van der Waals surface area contributed by atoms with Crippen LogP contribution >= 0.6 is 27.5 Å². The second-order valence-electron chi connectivity index (χ2n) is 2.82. The molecular weight excluding hydrogens is 229 g/mol. The molecule has 0 bridgehead atoms. The summed E-state index contributed by atoms with van der Waals surface area (Å²) in [6.45, 7) is 3.87. The molecule has 2 N–H and O–H groups in total. The average Bonchev–Trinajstić information content (AvgIpc) is 1.87. The van der Waals surface area contributed by atoms with E-state index in [0.717, 1.165) is 0 Å². The molecule has 0 aromatic heterocycles. The molecular formula is C7H13BrClNO. The molecule has 66 valence electrons. The molecule has 0 aliphatic rings. The zero-order valence-corrected chi connectivity index (χ0v) is 9.08. The summed E-state index contributed by atoms with van der Waals surface area (Å²) in [7, 11) is 0. The largest absolute Gasteiger partial charge is 0.368 e. The topological polar surface area (TPSA) is 43.1 Å². The van der Waals surface area contributed by atoms with Gasteiger partial charge >= 0.3 is 0 Å². The molecule has 2 nitrogen and oxygen atoms in total. The van der Waals surface area contributed by atoms with Crippen LogP contribution in [0.1, 0.15) is 20.3 Å². The van der Waals surface area contributed by atoms with Crippen molar-refractivity contribution in [1.29, 1.82) is 0 Å². The van der Waals surface area contributed by atoms with Crippen LogP contribution in [0.25, 0.3) is 0 Å². The number of rotatable bonds is 4. The number of halogens is 2. The zero-order valence-electron chi connectivity index (χ0n) is 6.73. The molecule has 0 heterocycles. The third kappa shape index (κ3) is 2.64. The van der Waals surface area contributed by atoms with Crippen LogP contribution in [0.4, 0.5) is 0 Å². The second kappa shape index (κ2) is 4.31. The van der Waals surface area contributed by atoms with Gasteiger partial charge in [-0.3, -0.25) is 4.79 Å². The normalized spacial score (nSPS) is 16.5. The maximum absolute atomic E-state index is 11.0. The van der Waals surface area contributed by atoms with Crippen molar-refractivity contribution in [3.05, 3.63) is 0 Å². The van der Waals surface area contributed by atoms with E-state index in [1.807, 2.05) is 13.8 Å². The molecule has 0 fully saturated rings. The van der Waals surface area contributed by atoms with Crippen molar-refractivity contribution < 1.29 is 4.79 Å². The summed E-state index contributed by atoms with van der Waals surface area (Å²) in [6, 6.07) is 0. The average molecular weight is 243 g/mol. The standard InChI is InChI=1S/C7H13BrClNO/c1-5(2)7(8,3-4-9)6(10)11/h5H,3-4H2,1-2H3,(H2,10,11). The quantitative estimate of drug-likeness (QED) is 0.752. The van der Waals surface area contributed by atoms with E-state index in [-0.39, 0.29) is 11.8 Å². The van der Waals surface area contributed by atoms with Crippen molar-refractivity contribution in [2.45, 2.75) is 24.6 Å². The molecule has 0 saturated heterocycles. The van der Waals surface area contributed by atoms with Gasteiger partial charge in [-0.15, -0.1) is 11.6 Å². The summed E-state index contributed by atoms with van der Waals surface area (Å²) in [4.78, 5) is 11.0. The van der Waals surface area contributed by atoms with E-state index in [2.05, 4.69) is 15.9 Å². The molecule has 0 radical (unpaired) electrons. The van der Waals surface area contributed by atoms with Crippen LogP contribution in [0, 0.1) is 5.92 Å². The monoisotopic (exact) mass is 241 g/mol. The molecule has 4 heteroatoms. The lowest BCUT2D eigenvalue weighted by Crippen LogP contribution is -2.43. The summed E-state index contributed by atoms with van der Waals surface area (Å²) in [6.07, 6.45) is 0.571. The van der Waals surface area contributed by atoms with Gasteiger partial charge in [0.25, 0.3) is 0 Å². The van der Waals surface area contributed by atoms with Gasteiger partial charge in [0.1, 0.15) is 4.32 Å². The summed E-state index contributed by atoms with van der Waals surface area (Å²) in [5, 5.41) is 0. The Morgan fingerprint density at radius 2 is 2.18 bits per heavy atom. The number of primary amides is 1. The van der Waals surface area contributed by atoms with Crippen LogP contribution in [-0.4, -0.2) is 16.1 Å². The summed E-state index contributed by atoms with van der Waals surface area (Å²) in [5.74, 6) is 0.263. The number of amides is 1. The van der Waals surface area contributed by atoms with Gasteiger partial charge in [-0.1, -0.05) is 29.8 Å². The summed E-state index contributed by atoms with van der Waals surface area (Å²) >= 11 is 8.85. The van der Waals surface area contributed by atoms with E-state index in [9.17, 15) is 4.79 Å². The highest BCUT2D eigenvalue weighted by Gasteiger charge is 2.36. The molecule has 0 aromatic carbocycles. The van der Waals surface area contributed by atoms with E-state index < -0.39 is 4.32 Å². The highest BCUT2D eigenvalue weighted by Crippen LogP contribution is 2.31. The van der Waals surface area contributed by atoms with Crippen LogP contribution in [0.3, 0.4) is 0 Å². The van der Waals surface area contributed by atoms with Crippen molar-refractivity contribution >= 4 is 33.4 Å². The second-order valence-corrected chi connectivity index (χ2v) is 4.61. The third-order valence-electron chi connectivity index (χ3n) is 1.78. The van der Waals surface area contributed by atoms with Crippen molar-refractivity contribution in [3.63, 3.8) is 0 Å². The first-order valence-corrected chi connectivity index (χ1v) is 4.82. The predicted molar refractivity (Wildman–Crippen MR) is 51.0 cm³/mol. The maximum Gasteiger partial charge on any atom is 0.234 e. The molecule has 0 aromatic rings. The van der Waals surface area contributed by atoms with Crippen molar-refractivity contribution in [1.82, 2.24) is 0 Å². The van der Waals surface area contributed by atoms with Gasteiger partial charge in [-0.05, 0) is 12.3 Å². The van der Waals surface area contributed by atoms with Crippen LogP contribution in [0.5, 0.6) is 0 Å². The molecule has 0 rings (SSSR count). The van der Waals surface area contributed by atoms with Crippen molar-refractivity contribution in [2.24, 2.45) is 11.7 Å². The number of alkyl halides is 2. The molecule has 0 saturated carbocycles. The third-order valence-corrected chi connectivity index (χ3v) is 3.68. The first-order valence-electron chi connectivity index (χ1n) is 3.50. The fourth-order valence-electron chi connectivity index (χ4n) is 0.834. The number of hydrogen-bond donors (Lipinski definition) is 1. The van der Waals surface area contributed by atoms with E-state index in [1.54, 1.807) is 0 Å². The Morgan fingerprint density at radius 1 is 1.73 bits per heavy atom. The molecule has 0 aliphatic heterocycles. The van der Waals surface area contributed by atoms with E-state index in [1.165, 1.54) is 0 Å². The minimum absolute atomic E-state index is 0.166. The molecule has 0 spiro atoms. The first kappa shape index (κ1) is 11.2. The highest BCUT2D eigenvalue weighted by atomic mass is 79.9. The van der Waals surface area contributed by atoms with Crippen molar-refractivity contribution in [2.75, 3.05) is 5.88 Å². The molecule has 1 atom stereocenters. The van der Waals surface area contributed by atoms with Crippen LogP contribution < -0.4 is 5.73 Å². The Bertz CT molecular complexity index is 151. The minimum atomic E-state index is -0.630. The molecule has 11 heavy (non-hydrogen) atoms. The maximum atomic E-state index is 11.0. The molecule has 0 aliphatic carbocycles. The Balaban J connectivity index is 4.38. The van der Waals surface area contributed by atoms with E-state index >= 15 is 0 Å². The predicted octanol–water partition coefficient (Wildman–Crippen LogP) is 1.89. The number of carbonyl (C=O) groups excluding carboxylic acids is 1. The van der Waals surface area contributed by atoms with Crippen LogP contribution in [0.15, 0.2) is 0 Å². The SMILES string of the molecule is CC(C)C(Br)(CCCl)C(N)=O. The van der Waals surface area contributed by atoms with Gasteiger partial charge in [0.15, 0.2) is 0 Å². The van der Waals surface area contributed by atoms with Gasteiger partial charge in [-0.25, -0.2) is 0 Å². The number of carbonyl (C=O) groups is 1. The smallest absolute Gasteiger partial charge is 0.234 e. The summed E-state index contributed by atoms with van der Waals surface area (Å²) < 4.78 is -0.630. The lowest BCUT2D eigenvalue weighted by molar-refractivity contribution is -0.121. The molecule has 1 unspecified atom stereocenters. The fraction of sp³-hybridized carbons (Fsp3) is 0.857. The zero-order chi connectivity index (χ0) is 9.07. The number of hydrogen-bond acceptors (Lipinski definition) is 1. The van der Waals surface area contributed by atoms with Crippen LogP contribution in [-0.2, 0) is 4.79 Å². The Kier molecular flexibility index (Phi) is 4.41. The first-order chi connectivity index (χ1) is 4.95. The number of nitrogens with two attached hydrogens (primary N) is 1. The fourth-order valence-corrected chi connectivity index (χ4v) is 1.56. The Labute approximate surface area is 80.6 Å². The van der Waals surface area contributed by atoms with Gasteiger partial charge < -0.3 is 5.73 Å². The van der Waals surface area contributed by atoms with Gasteiger partial charge in [0, 0.05) is 5.88 Å². The van der Waals surface area contributed by atoms with E-state index in [0.29, 0.717) is 12.3 Å². The lowest BCUT2D eigenvalue weighted by atomic mass is 9.92. The Morgan fingerprint density at radius 3 is 2.27 bits per heavy atom. The Hall–Kier alpha value is 0.240. The van der Waals surface area contributed by atoms with Gasteiger partial charge in [0.05, 0.1) is 0 Å². The van der Waals surface area contributed by atoms with Crippen molar-refractivity contribution in [3.8, 4) is 0 Å². The van der Waals surface area contributed by atoms with Gasteiger partial charge in [-0.2, -0.15) is 0 Å². The van der Waals surface area contributed by atoms with Gasteiger partial charge in [0.2, 0.25) is 5.91 Å².